The number of amides is 1. The van der Waals surface area contributed by atoms with Gasteiger partial charge in [-0.05, 0) is 46.9 Å². The third-order valence-corrected chi connectivity index (χ3v) is 3.84. The minimum absolute atomic E-state index is 0.113. The van der Waals surface area contributed by atoms with Crippen LogP contribution in [0.3, 0.4) is 0 Å². The molecule has 2 aromatic rings. The lowest BCUT2D eigenvalue weighted by molar-refractivity contribution is -0.123. The van der Waals surface area contributed by atoms with Crippen molar-refractivity contribution in [1.29, 1.82) is 0 Å². The van der Waals surface area contributed by atoms with Crippen molar-refractivity contribution in [3.8, 4) is 11.5 Å². The first-order valence-corrected chi connectivity index (χ1v) is 8.11. The van der Waals surface area contributed by atoms with Crippen LogP contribution in [-0.2, 0) is 4.79 Å². The molecule has 0 saturated carbocycles. The van der Waals surface area contributed by atoms with Crippen molar-refractivity contribution in [1.82, 2.24) is 5.43 Å². The van der Waals surface area contributed by atoms with E-state index in [9.17, 15) is 9.90 Å². The maximum Gasteiger partial charge on any atom is 0.277 e. The highest BCUT2D eigenvalue weighted by Crippen LogP contribution is 2.27. The van der Waals surface area contributed by atoms with Crippen LogP contribution in [-0.4, -0.2) is 23.8 Å². The summed E-state index contributed by atoms with van der Waals surface area (Å²) in [4.78, 5) is 11.6. The molecule has 0 aliphatic carbocycles. The van der Waals surface area contributed by atoms with Gasteiger partial charge in [0.05, 0.1) is 9.78 Å². The van der Waals surface area contributed by atoms with Crippen LogP contribution in [0.15, 0.2) is 52.0 Å². The lowest BCUT2D eigenvalue weighted by Crippen LogP contribution is -2.24. The van der Waals surface area contributed by atoms with Gasteiger partial charge in [-0.15, -0.1) is 0 Å². The Hall–Kier alpha value is -1.61. The molecule has 2 rings (SSSR count). The van der Waals surface area contributed by atoms with Crippen LogP contribution in [0.2, 0.25) is 0 Å². The normalized spacial score (nSPS) is 10.6. The van der Waals surface area contributed by atoms with Gasteiger partial charge in [-0.1, -0.05) is 34.1 Å². The second-order valence-corrected chi connectivity index (χ2v) is 6.30. The van der Waals surface area contributed by atoms with Crippen molar-refractivity contribution in [2.45, 2.75) is 0 Å². The van der Waals surface area contributed by atoms with Crippen molar-refractivity contribution >= 4 is 50.6 Å². The van der Waals surface area contributed by atoms with E-state index in [2.05, 4.69) is 26.5 Å². The van der Waals surface area contributed by atoms with Crippen molar-refractivity contribution in [3.05, 3.63) is 56.1 Å². The molecule has 0 spiro atoms. The fourth-order valence-corrected chi connectivity index (χ4v) is 3.11. The maximum absolute atomic E-state index is 11.6. The number of hydrogen-bond acceptors (Lipinski definition) is 4. The fraction of sp³-hybridized carbons (Fsp3) is 0.0667. The number of aromatic hydroxyl groups is 1. The van der Waals surface area contributed by atoms with Crippen LogP contribution in [0.5, 0.6) is 11.5 Å². The molecule has 114 valence electrons. The molecule has 0 unspecified atom stereocenters. The van der Waals surface area contributed by atoms with E-state index < -0.39 is 0 Å². The highest BCUT2D eigenvalue weighted by molar-refractivity contribution is 14.1. The smallest absolute Gasteiger partial charge is 0.277 e. The zero-order valence-corrected chi connectivity index (χ0v) is 15.0. The van der Waals surface area contributed by atoms with E-state index in [1.807, 2.05) is 40.8 Å². The molecule has 0 saturated heterocycles. The molecule has 5 nitrogen and oxygen atoms in total. The quantitative estimate of drug-likeness (QED) is 0.397. The van der Waals surface area contributed by atoms with E-state index in [1.54, 1.807) is 24.3 Å². The molecule has 0 aliphatic rings. The summed E-state index contributed by atoms with van der Waals surface area (Å²) in [5.74, 6) is 0.340. The number of carbonyl (C=O) groups excluding carboxylic acids is 1. The van der Waals surface area contributed by atoms with Gasteiger partial charge >= 0.3 is 0 Å². The number of hydrogen-bond donors (Lipinski definition) is 2. The van der Waals surface area contributed by atoms with Gasteiger partial charge in [0.1, 0.15) is 11.5 Å². The van der Waals surface area contributed by atoms with E-state index in [-0.39, 0.29) is 18.3 Å². The predicted octanol–water partition coefficient (Wildman–Crippen LogP) is 3.29. The maximum atomic E-state index is 11.6. The summed E-state index contributed by atoms with van der Waals surface area (Å²) in [6.45, 7) is -0.136. The van der Waals surface area contributed by atoms with Gasteiger partial charge in [0, 0.05) is 10.0 Å². The monoisotopic (exact) mass is 474 g/mol. The Balaban J connectivity index is 1.88. The molecule has 0 aliphatic heterocycles. The zero-order valence-electron chi connectivity index (χ0n) is 11.3. The largest absolute Gasteiger partial charge is 0.506 e. The van der Waals surface area contributed by atoms with Crippen LogP contribution in [0, 0.1) is 3.57 Å². The number of carbonyl (C=O) groups is 1. The Bertz CT molecular complexity index is 693. The van der Waals surface area contributed by atoms with Gasteiger partial charge in [0.15, 0.2) is 6.61 Å². The lowest BCUT2D eigenvalue weighted by atomic mass is 10.2. The molecule has 7 heteroatoms. The van der Waals surface area contributed by atoms with Crippen LogP contribution in [0.1, 0.15) is 5.56 Å². The third-order valence-electron chi connectivity index (χ3n) is 2.56. The Morgan fingerprint density at radius 2 is 2.09 bits per heavy atom. The summed E-state index contributed by atoms with van der Waals surface area (Å²) in [5, 5.41) is 13.7. The molecule has 22 heavy (non-hydrogen) atoms. The lowest BCUT2D eigenvalue weighted by Gasteiger charge is -2.05. The first-order chi connectivity index (χ1) is 10.6. The van der Waals surface area contributed by atoms with Crippen LogP contribution in [0.4, 0.5) is 0 Å². The standard InChI is InChI=1S/C15H12BrIN2O3/c16-11-6-10(15(21)13(17)7-11)8-18-19-14(20)9-22-12-4-2-1-3-5-12/h1-8,21H,9H2,(H,19,20). The van der Waals surface area contributed by atoms with Crippen LogP contribution >= 0.6 is 38.5 Å². The van der Waals surface area contributed by atoms with Gasteiger partial charge in [-0.3, -0.25) is 4.79 Å². The number of rotatable bonds is 5. The Morgan fingerprint density at radius 1 is 1.36 bits per heavy atom. The van der Waals surface area contributed by atoms with Crippen molar-refractivity contribution in [2.75, 3.05) is 6.61 Å². The SMILES string of the molecule is O=C(COc1ccccc1)NN=Cc1cc(Br)cc(I)c1O. The molecule has 0 radical (unpaired) electrons. The number of phenols is 1. The van der Waals surface area contributed by atoms with Gasteiger partial charge in [-0.2, -0.15) is 5.10 Å². The zero-order chi connectivity index (χ0) is 15.9. The highest BCUT2D eigenvalue weighted by atomic mass is 127. The molecule has 0 heterocycles. The summed E-state index contributed by atoms with van der Waals surface area (Å²) in [5.41, 5.74) is 2.85. The van der Waals surface area contributed by atoms with Crippen molar-refractivity contribution in [3.63, 3.8) is 0 Å². The van der Waals surface area contributed by atoms with Crippen LogP contribution < -0.4 is 10.2 Å². The average Bonchev–Trinajstić information content (AvgIpc) is 2.51. The molecular weight excluding hydrogens is 463 g/mol. The summed E-state index contributed by atoms with van der Waals surface area (Å²) in [7, 11) is 0. The predicted molar refractivity (Wildman–Crippen MR) is 96.2 cm³/mol. The minimum Gasteiger partial charge on any atom is -0.506 e. The van der Waals surface area contributed by atoms with Crippen molar-refractivity contribution < 1.29 is 14.6 Å². The van der Waals surface area contributed by atoms with Crippen LogP contribution in [0.25, 0.3) is 0 Å². The van der Waals surface area contributed by atoms with Gasteiger partial charge in [0.25, 0.3) is 5.91 Å². The number of hydrazone groups is 1. The topological polar surface area (TPSA) is 70.9 Å². The van der Waals surface area contributed by atoms with Crippen molar-refractivity contribution in [2.24, 2.45) is 5.10 Å². The molecule has 2 aromatic carbocycles. The molecule has 1 amide bonds. The van der Waals surface area contributed by atoms with Gasteiger partial charge in [-0.25, -0.2) is 5.43 Å². The second-order valence-electron chi connectivity index (χ2n) is 4.22. The molecule has 0 bridgehead atoms. The van der Waals surface area contributed by atoms with E-state index in [0.29, 0.717) is 14.9 Å². The molecule has 0 aromatic heterocycles. The van der Waals surface area contributed by atoms with E-state index >= 15 is 0 Å². The first kappa shape index (κ1) is 16.8. The number of nitrogens with one attached hydrogen (secondary N) is 1. The molecule has 0 fully saturated rings. The van der Waals surface area contributed by atoms with Gasteiger partial charge in [0.2, 0.25) is 0 Å². The Morgan fingerprint density at radius 3 is 2.82 bits per heavy atom. The Kier molecular flexibility index (Phi) is 6.20. The summed E-state index contributed by atoms with van der Waals surface area (Å²) < 4.78 is 6.79. The number of phenolic OH excluding ortho intramolecular Hbond substituents is 1. The van der Waals surface area contributed by atoms with E-state index in [0.717, 1.165) is 4.47 Å². The number of nitrogens with zero attached hydrogens (tertiary/aromatic N) is 1. The number of para-hydroxylation sites is 1. The summed E-state index contributed by atoms with van der Waals surface area (Å²) in [6.07, 6.45) is 1.38. The van der Waals surface area contributed by atoms with Gasteiger partial charge < -0.3 is 9.84 Å². The molecule has 2 N–H and O–H groups in total. The third kappa shape index (κ3) is 4.99. The number of benzene rings is 2. The van der Waals surface area contributed by atoms with E-state index in [1.165, 1.54) is 6.21 Å². The average molecular weight is 475 g/mol. The fourth-order valence-electron chi connectivity index (χ4n) is 1.56. The first-order valence-electron chi connectivity index (χ1n) is 6.24. The minimum atomic E-state index is -0.385. The van der Waals surface area contributed by atoms with E-state index in [4.69, 9.17) is 4.74 Å². The number of ether oxygens (including phenoxy) is 1. The molecule has 0 atom stereocenters. The summed E-state index contributed by atoms with van der Waals surface area (Å²) >= 11 is 5.35. The Labute approximate surface area is 149 Å². The second kappa shape index (κ2) is 8.14. The summed E-state index contributed by atoms with van der Waals surface area (Å²) in [6, 6.07) is 12.5. The highest BCUT2D eigenvalue weighted by Gasteiger charge is 2.06. The molecular formula is C15H12BrIN2O3. The number of halogens is 2.